The van der Waals surface area contributed by atoms with E-state index in [0.717, 1.165) is 25.3 Å². The van der Waals surface area contributed by atoms with Gasteiger partial charge in [-0.3, -0.25) is 15.0 Å². The first kappa shape index (κ1) is 17.6. The first-order valence-electron chi connectivity index (χ1n) is 8.51. The minimum Gasteiger partial charge on any atom is -0.298 e. The summed E-state index contributed by atoms with van der Waals surface area (Å²) in [4.78, 5) is 19.3. The molecule has 1 amide bonds. The van der Waals surface area contributed by atoms with Crippen LogP contribution in [-0.2, 0) is 6.54 Å². The molecule has 1 aromatic heterocycles. The van der Waals surface area contributed by atoms with Crippen molar-refractivity contribution in [1.29, 1.82) is 5.26 Å². The molecule has 1 fully saturated rings. The fourth-order valence-corrected chi connectivity index (χ4v) is 4.18. The third-order valence-electron chi connectivity index (χ3n) is 4.36. The summed E-state index contributed by atoms with van der Waals surface area (Å²) in [6.45, 7) is 7.62. The Kier molecular flexibility index (Phi) is 5.47. The van der Waals surface area contributed by atoms with E-state index in [9.17, 15) is 4.79 Å². The average molecular weight is 354 g/mol. The molecule has 0 aliphatic carbocycles. The van der Waals surface area contributed by atoms with E-state index in [1.807, 2.05) is 11.4 Å². The highest BCUT2D eigenvalue weighted by Crippen LogP contribution is 2.24. The fraction of sp³-hybridized carbons (Fsp3) is 0.421. The summed E-state index contributed by atoms with van der Waals surface area (Å²) in [5.41, 5.74) is 1.93. The number of likely N-dealkylation sites (tertiary alicyclic amines) is 1. The average Bonchev–Trinajstić information content (AvgIpc) is 3.00. The van der Waals surface area contributed by atoms with Gasteiger partial charge >= 0.3 is 0 Å². The number of nitrogens with zero attached hydrogens (tertiary/aromatic N) is 3. The Morgan fingerprint density at radius 2 is 2.16 bits per heavy atom. The van der Waals surface area contributed by atoms with Gasteiger partial charge in [0.2, 0.25) is 0 Å². The molecule has 0 spiro atoms. The number of amides is 1. The van der Waals surface area contributed by atoms with Crippen LogP contribution in [0.2, 0.25) is 0 Å². The van der Waals surface area contributed by atoms with Crippen molar-refractivity contribution in [3.63, 3.8) is 0 Å². The molecule has 130 valence electrons. The number of thiazole rings is 1. The lowest BCUT2D eigenvalue weighted by Gasteiger charge is -2.34. The van der Waals surface area contributed by atoms with Crippen molar-refractivity contribution >= 4 is 22.4 Å². The minimum absolute atomic E-state index is 0.238. The van der Waals surface area contributed by atoms with Gasteiger partial charge in [0.25, 0.3) is 5.91 Å². The molecule has 6 heteroatoms. The molecular weight excluding hydrogens is 332 g/mol. The van der Waals surface area contributed by atoms with E-state index in [1.54, 1.807) is 24.3 Å². The number of hydrogen-bond donors (Lipinski definition) is 1. The molecule has 1 aliphatic rings. The summed E-state index contributed by atoms with van der Waals surface area (Å²) < 4.78 is 0. The number of anilines is 1. The van der Waals surface area contributed by atoms with Crippen LogP contribution in [0.15, 0.2) is 29.6 Å². The van der Waals surface area contributed by atoms with Crippen LogP contribution in [0.3, 0.4) is 0 Å². The predicted octanol–water partition coefficient (Wildman–Crippen LogP) is 3.74. The number of carbonyl (C=O) groups excluding carboxylic acids is 1. The molecule has 5 nitrogen and oxygen atoms in total. The molecule has 0 radical (unpaired) electrons. The van der Waals surface area contributed by atoms with Gasteiger partial charge in [0.05, 0.1) is 17.3 Å². The third kappa shape index (κ3) is 4.65. The lowest BCUT2D eigenvalue weighted by molar-refractivity contribution is 0.102. The lowest BCUT2D eigenvalue weighted by atomic mass is 9.92. The summed E-state index contributed by atoms with van der Waals surface area (Å²) in [7, 11) is 0. The molecule has 2 aromatic rings. The van der Waals surface area contributed by atoms with Crippen LogP contribution in [0, 0.1) is 23.2 Å². The van der Waals surface area contributed by atoms with Crippen LogP contribution in [0.25, 0.3) is 0 Å². The van der Waals surface area contributed by atoms with Gasteiger partial charge in [-0.1, -0.05) is 19.9 Å². The van der Waals surface area contributed by atoms with Gasteiger partial charge in [-0.25, -0.2) is 4.98 Å². The van der Waals surface area contributed by atoms with Gasteiger partial charge in [-0.15, -0.1) is 11.3 Å². The molecule has 25 heavy (non-hydrogen) atoms. The second-order valence-electron chi connectivity index (χ2n) is 6.93. The standard InChI is InChI=1S/C19H22N4OS/c1-13-6-14(2)10-23(9-13)11-17-12-25-19(21-17)22-18(24)16-5-3-4-15(7-16)8-20/h3-5,7,12-14H,6,9-11H2,1-2H3,(H,21,22,24). The zero-order valence-corrected chi connectivity index (χ0v) is 15.3. The summed E-state index contributed by atoms with van der Waals surface area (Å²) in [6.07, 6.45) is 1.29. The van der Waals surface area contributed by atoms with Gasteiger partial charge < -0.3 is 0 Å². The summed E-state index contributed by atoms with van der Waals surface area (Å²) >= 11 is 1.44. The Morgan fingerprint density at radius 1 is 1.40 bits per heavy atom. The highest BCUT2D eigenvalue weighted by atomic mass is 32.1. The number of hydrogen-bond acceptors (Lipinski definition) is 5. The smallest absolute Gasteiger partial charge is 0.257 e. The van der Waals surface area contributed by atoms with Crippen molar-refractivity contribution < 1.29 is 4.79 Å². The van der Waals surface area contributed by atoms with Crippen LogP contribution >= 0.6 is 11.3 Å². The van der Waals surface area contributed by atoms with Gasteiger partial charge in [0.1, 0.15) is 0 Å². The zero-order chi connectivity index (χ0) is 17.8. The predicted molar refractivity (Wildman–Crippen MR) is 99.4 cm³/mol. The quantitative estimate of drug-likeness (QED) is 0.908. The van der Waals surface area contributed by atoms with E-state index in [0.29, 0.717) is 28.1 Å². The largest absolute Gasteiger partial charge is 0.298 e. The van der Waals surface area contributed by atoms with Crippen molar-refractivity contribution in [2.24, 2.45) is 11.8 Å². The first-order chi connectivity index (χ1) is 12.0. The second kappa shape index (κ2) is 7.77. The normalized spacial score (nSPS) is 20.8. The van der Waals surface area contributed by atoms with Crippen LogP contribution in [-0.4, -0.2) is 28.9 Å². The highest BCUT2D eigenvalue weighted by molar-refractivity contribution is 7.13. The Morgan fingerprint density at radius 3 is 2.88 bits per heavy atom. The SMILES string of the molecule is CC1CC(C)CN(Cc2csc(NC(=O)c3cccc(C#N)c3)n2)C1. The maximum Gasteiger partial charge on any atom is 0.257 e. The van der Waals surface area contributed by atoms with Crippen molar-refractivity contribution in [3.05, 3.63) is 46.5 Å². The molecule has 2 atom stereocenters. The van der Waals surface area contributed by atoms with Crippen LogP contribution < -0.4 is 5.32 Å². The van der Waals surface area contributed by atoms with Crippen molar-refractivity contribution in [2.45, 2.75) is 26.8 Å². The van der Waals surface area contributed by atoms with Gasteiger partial charge in [-0.2, -0.15) is 5.26 Å². The Balaban J connectivity index is 1.61. The molecule has 0 saturated carbocycles. The molecule has 1 saturated heterocycles. The van der Waals surface area contributed by atoms with E-state index >= 15 is 0 Å². The molecule has 3 rings (SSSR count). The summed E-state index contributed by atoms with van der Waals surface area (Å²) in [5.74, 6) is 1.20. The molecule has 2 unspecified atom stereocenters. The Labute approximate surface area is 152 Å². The lowest BCUT2D eigenvalue weighted by Crippen LogP contribution is -2.38. The number of benzene rings is 1. The van der Waals surface area contributed by atoms with E-state index in [-0.39, 0.29) is 5.91 Å². The number of piperidine rings is 1. The fourth-order valence-electron chi connectivity index (χ4n) is 3.49. The Hall–Kier alpha value is -2.23. The maximum atomic E-state index is 12.3. The van der Waals surface area contributed by atoms with E-state index < -0.39 is 0 Å². The monoisotopic (exact) mass is 354 g/mol. The summed E-state index contributed by atoms with van der Waals surface area (Å²) in [5, 5.41) is 14.4. The molecule has 1 N–H and O–H groups in total. The number of rotatable bonds is 4. The van der Waals surface area contributed by atoms with E-state index in [1.165, 1.54) is 17.8 Å². The Bertz CT molecular complexity index is 785. The number of aromatic nitrogens is 1. The van der Waals surface area contributed by atoms with E-state index in [2.05, 4.69) is 29.0 Å². The zero-order valence-electron chi connectivity index (χ0n) is 14.5. The summed E-state index contributed by atoms with van der Waals surface area (Å²) in [6, 6.07) is 8.71. The number of nitriles is 1. The van der Waals surface area contributed by atoms with Crippen molar-refractivity contribution in [2.75, 3.05) is 18.4 Å². The molecular formula is C19H22N4OS. The van der Waals surface area contributed by atoms with Gasteiger partial charge in [0, 0.05) is 30.6 Å². The topological polar surface area (TPSA) is 69.0 Å². The van der Waals surface area contributed by atoms with Crippen molar-refractivity contribution in [3.8, 4) is 6.07 Å². The molecule has 0 bridgehead atoms. The van der Waals surface area contributed by atoms with Gasteiger partial charge in [0.15, 0.2) is 5.13 Å². The first-order valence-corrected chi connectivity index (χ1v) is 9.39. The van der Waals surface area contributed by atoms with E-state index in [4.69, 9.17) is 5.26 Å². The molecule has 1 aliphatic heterocycles. The minimum atomic E-state index is -0.238. The van der Waals surface area contributed by atoms with Crippen molar-refractivity contribution in [1.82, 2.24) is 9.88 Å². The number of carbonyl (C=O) groups is 1. The molecule has 1 aromatic carbocycles. The third-order valence-corrected chi connectivity index (χ3v) is 5.16. The second-order valence-corrected chi connectivity index (χ2v) is 7.79. The maximum absolute atomic E-state index is 12.3. The number of nitrogens with one attached hydrogen (secondary N) is 1. The molecule has 2 heterocycles. The van der Waals surface area contributed by atoms with Crippen LogP contribution in [0.1, 0.15) is 41.9 Å². The van der Waals surface area contributed by atoms with Gasteiger partial charge in [-0.05, 0) is 36.5 Å². The van der Waals surface area contributed by atoms with Crippen LogP contribution in [0.4, 0.5) is 5.13 Å². The van der Waals surface area contributed by atoms with Crippen LogP contribution in [0.5, 0.6) is 0 Å². The highest BCUT2D eigenvalue weighted by Gasteiger charge is 2.22.